The molecule has 0 amide bonds. The van der Waals surface area contributed by atoms with Crippen LogP contribution in [0.1, 0.15) is 47.0 Å². The molecular formula is C11H27NSi. The predicted molar refractivity (Wildman–Crippen MR) is 64.7 cm³/mol. The van der Waals surface area contributed by atoms with E-state index >= 15 is 0 Å². The molecule has 0 fully saturated rings. The molecule has 0 aromatic rings. The molecule has 0 unspecified atom stereocenters. The van der Waals surface area contributed by atoms with Crippen molar-refractivity contribution in [3.05, 3.63) is 0 Å². The average Bonchev–Trinajstić information content (AvgIpc) is 2.17. The number of nitrogens with one attached hydrogen (secondary N) is 1. The van der Waals surface area contributed by atoms with Gasteiger partial charge in [-0.1, -0.05) is 40.5 Å². The first-order valence-corrected chi connectivity index (χ1v) is 8.61. The van der Waals surface area contributed by atoms with E-state index in [1.54, 1.807) is 0 Å². The number of hydrogen-bond acceptors (Lipinski definition) is 1. The molecule has 0 aromatic heterocycles. The van der Waals surface area contributed by atoms with Crippen LogP contribution < -0.4 is 4.98 Å². The van der Waals surface area contributed by atoms with Gasteiger partial charge < -0.3 is 4.98 Å². The van der Waals surface area contributed by atoms with Crippen molar-refractivity contribution in [2.75, 3.05) is 6.54 Å². The van der Waals surface area contributed by atoms with Crippen LogP contribution in [0.4, 0.5) is 0 Å². The van der Waals surface area contributed by atoms with Crippen molar-refractivity contribution < 1.29 is 0 Å². The first-order valence-electron chi connectivity index (χ1n) is 5.99. The highest BCUT2D eigenvalue weighted by atomic mass is 28.3. The van der Waals surface area contributed by atoms with Gasteiger partial charge >= 0.3 is 0 Å². The van der Waals surface area contributed by atoms with Crippen molar-refractivity contribution >= 4 is 8.24 Å². The van der Waals surface area contributed by atoms with Crippen LogP contribution >= 0.6 is 0 Å². The molecule has 2 heteroatoms. The Morgan fingerprint density at radius 2 is 1.54 bits per heavy atom. The predicted octanol–water partition coefficient (Wildman–Crippen LogP) is 3.77. The van der Waals surface area contributed by atoms with E-state index in [9.17, 15) is 0 Å². The van der Waals surface area contributed by atoms with Gasteiger partial charge in [0.05, 0.1) is 0 Å². The van der Waals surface area contributed by atoms with Crippen molar-refractivity contribution in [2.45, 2.75) is 65.1 Å². The normalized spacial score (nSPS) is 12.0. The lowest BCUT2D eigenvalue weighted by atomic mass is 10.3. The third-order valence-corrected chi connectivity index (χ3v) is 8.28. The molecule has 0 saturated heterocycles. The van der Waals surface area contributed by atoms with Crippen LogP contribution in [0.5, 0.6) is 0 Å². The van der Waals surface area contributed by atoms with Crippen molar-refractivity contribution in [3.63, 3.8) is 0 Å². The Balaban J connectivity index is 3.89. The number of rotatable bonds is 8. The fourth-order valence-corrected chi connectivity index (χ4v) is 5.50. The number of hydrogen-bond donors (Lipinski definition) is 1. The van der Waals surface area contributed by atoms with Gasteiger partial charge in [-0.05, 0) is 31.1 Å². The number of unbranched alkanes of at least 4 members (excludes halogenated alkanes) is 1. The molecule has 0 bridgehead atoms. The molecular weight excluding hydrogens is 174 g/mol. The highest BCUT2D eigenvalue weighted by molar-refractivity contribution is 6.77. The van der Waals surface area contributed by atoms with Gasteiger partial charge in [0, 0.05) is 0 Å². The van der Waals surface area contributed by atoms with E-state index in [1.807, 2.05) is 0 Å². The summed E-state index contributed by atoms with van der Waals surface area (Å²) in [6.45, 7) is 10.6. The van der Waals surface area contributed by atoms with Crippen molar-refractivity contribution in [1.29, 1.82) is 0 Å². The van der Waals surface area contributed by atoms with Crippen LogP contribution in [0.3, 0.4) is 0 Å². The quantitative estimate of drug-likeness (QED) is 0.465. The summed E-state index contributed by atoms with van der Waals surface area (Å²) in [5.41, 5.74) is 0. The maximum atomic E-state index is 3.87. The van der Waals surface area contributed by atoms with E-state index in [-0.39, 0.29) is 0 Å². The zero-order valence-corrected chi connectivity index (χ0v) is 10.9. The molecule has 1 N–H and O–H groups in total. The summed E-state index contributed by atoms with van der Waals surface area (Å²) in [6.07, 6.45) is 4.02. The van der Waals surface area contributed by atoms with Crippen molar-refractivity contribution in [1.82, 2.24) is 4.98 Å². The van der Waals surface area contributed by atoms with Crippen LogP contribution in [0.25, 0.3) is 0 Å². The average molecular weight is 201 g/mol. The van der Waals surface area contributed by atoms with Gasteiger partial charge in [-0.2, -0.15) is 0 Å². The van der Waals surface area contributed by atoms with E-state index in [4.69, 9.17) is 0 Å². The van der Waals surface area contributed by atoms with Gasteiger partial charge in [0.25, 0.3) is 0 Å². The van der Waals surface area contributed by atoms with Gasteiger partial charge in [0.15, 0.2) is 0 Å². The third kappa shape index (κ3) is 4.82. The Labute approximate surface area is 85.4 Å². The minimum absolute atomic E-state index is 1.03. The topological polar surface area (TPSA) is 12.0 Å². The van der Waals surface area contributed by atoms with Gasteiger partial charge in [-0.3, -0.25) is 0 Å². The van der Waals surface area contributed by atoms with E-state index in [1.165, 1.54) is 43.9 Å². The summed E-state index contributed by atoms with van der Waals surface area (Å²) >= 11 is 0. The van der Waals surface area contributed by atoms with Gasteiger partial charge in [-0.15, -0.1) is 0 Å². The van der Waals surface area contributed by atoms with Gasteiger partial charge in [0.2, 0.25) is 0 Å². The second-order valence-corrected chi connectivity index (χ2v) is 8.85. The zero-order chi connectivity index (χ0) is 10.2. The molecule has 0 atom stereocenters. The highest BCUT2D eigenvalue weighted by Crippen LogP contribution is 2.18. The summed E-state index contributed by atoms with van der Waals surface area (Å²) in [7, 11) is -1.03. The van der Waals surface area contributed by atoms with E-state index in [0.29, 0.717) is 0 Å². The summed E-state index contributed by atoms with van der Waals surface area (Å²) in [4.78, 5) is 3.87. The zero-order valence-electron chi connectivity index (χ0n) is 9.95. The molecule has 0 saturated carbocycles. The molecule has 0 radical (unpaired) electrons. The molecule has 0 aliphatic rings. The maximum Gasteiger partial charge on any atom is 0.125 e. The maximum absolute atomic E-state index is 3.87. The Bertz CT molecular complexity index is 111. The Morgan fingerprint density at radius 3 is 1.92 bits per heavy atom. The first kappa shape index (κ1) is 13.2. The Hall–Kier alpha value is 0.177. The minimum Gasteiger partial charge on any atom is -0.337 e. The lowest BCUT2D eigenvalue weighted by Gasteiger charge is -2.30. The SMILES string of the molecule is CCCCN[Si](CC)(CC)CCC. The van der Waals surface area contributed by atoms with E-state index < -0.39 is 8.24 Å². The summed E-state index contributed by atoms with van der Waals surface area (Å²) < 4.78 is 0. The summed E-state index contributed by atoms with van der Waals surface area (Å²) in [6, 6.07) is 4.27. The fraction of sp³-hybridized carbons (Fsp3) is 1.00. The van der Waals surface area contributed by atoms with E-state index in [0.717, 1.165) is 0 Å². The summed E-state index contributed by atoms with van der Waals surface area (Å²) in [5.74, 6) is 0. The van der Waals surface area contributed by atoms with Crippen LogP contribution in [-0.4, -0.2) is 14.8 Å². The molecule has 0 heterocycles. The first-order chi connectivity index (χ1) is 6.24. The molecule has 80 valence electrons. The van der Waals surface area contributed by atoms with Crippen LogP contribution in [-0.2, 0) is 0 Å². The third-order valence-electron chi connectivity index (χ3n) is 3.11. The van der Waals surface area contributed by atoms with Crippen LogP contribution in [0, 0.1) is 0 Å². The highest BCUT2D eigenvalue weighted by Gasteiger charge is 2.26. The lowest BCUT2D eigenvalue weighted by Crippen LogP contribution is -2.49. The second-order valence-electron chi connectivity index (χ2n) is 4.02. The molecule has 1 nitrogen and oxygen atoms in total. The summed E-state index contributed by atoms with van der Waals surface area (Å²) in [5, 5.41) is 0. The van der Waals surface area contributed by atoms with E-state index in [2.05, 4.69) is 32.7 Å². The largest absolute Gasteiger partial charge is 0.337 e. The second kappa shape index (κ2) is 7.57. The molecule has 0 rings (SSSR count). The molecule has 13 heavy (non-hydrogen) atoms. The van der Waals surface area contributed by atoms with Crippen molar-refractivity contribution in [2.24, 2.45) is 0 Å². The Morgan fingerprint density at radius 1 is 0.923 bits per heavy atom. The van der Waals surface area contributed by atoms with Crippen LogP contribution in [0.2, 0.25) is 18.1 Å². The molecule has 0 spiro atoms. The molecule has 0 aliphatic heterocycles. The lowest BCUT2D eigenvalue weighted by molar-refractivity contribution is 0.739. The fourth-order valence-electron chi connectivity index (χ4n) is 1.95. The van der Waals surface area contributed by atoms with Gasteiger partial charge in [-0.25, -0.2) is 0 Å². The molecule has 0 aromatic carbocycles. The van der Waals surface area contributed by atoms with Crippen molar-refractivity contribution in [3.8, 4) is 0 Å². The standard InChI is InChI=1S/C11H27NSi/c1-5-9-10-12-13(7-3,8-4)11-6-2/h12H,5-11H2,1-4H3. The monoisotopic (exact) mass is 201 g/mol. The van der Waals surface area contributed by atoms with Crippen LogP contribution in [0.15, 0.2) is 0 Å². The smallest absolute Gasteiger partial charge is 0.125 e. The van der Waals surface area contributed by atoms with Gasteiger partial charge in [0.1, 0.15) is 8.24 Å². The minimum atomic E-state index is -1.03. The Kier molecular flexibility index (Phi) is 7.67. The molecule has 0 aliphatic carbocycles.